The Hall–Kier alpha value is -1.92. The van der Waals surface area contributed by atoms with Crippen molar-refractivity contribution < 1.29 is 4.79 Å². The minimum atomic E-state index is 0.0336. The third kappa shape index (κ3) is 5.33. The van der Waals surface area contributed by atoms with E-state index in [1.54, 1.807) is 0 Å². The molecule has 1 N–H and O–H groups in total. The van der Waals surface area contributed by atoms with Crippen LogP contribution in [-0.4, -0.2) is 48.0 Å². The standard InChI is InChI=1S/C16H28N6O/c1-12(2)10-14(23)17-11-13-18-15(21(3)4)20-16(19-13)22-8-6-5-7-9-22/h12H,5-11H2,1-4H3,(H,17,23). The zero-order valence-corrected chi connectivity index (χ0v) is 14.7. The SMILES string of the molecule is CC(C)CC(=O)NCc1nc(N(C)C)nc(N2CCCCC2)n1. The quantitative estimate of drug-likeness (QED) is 0.858. The molecule has 1 aromatic rings. The van der Waals surface area contributed by atoms with Crippen LogP contribution in [0.4, 0.5) is 11.9 Å². The van der Waals surface area contributed by atoms with E-state index in [2.05, 4.69) is 25.2 Å². The lowest BCUT2D eigenvalue weighted by atomic mass is 10.1. The van der Waals surface area contributed by atoms with Crippen molar-refractivity contribution in [1.82, 2.24) is 20.3 Å². The number of anilines is 2. The molecule has 2 heterocycles. The second kappa shape index (κ2) is 8.08. The molecule has 0 radical (unpaired) electrons. The third-order valence-electron chi connectivity index (χ3n) is 3.73. The molecule has 1 aliphatic heterocycles. The van der Waals surface area contributed by atoms with E-state index in [0.29, 0.717) is 30.7 Å². The second-order valence-electron chi connectivity index (χ2n) is 6.67. The molecule has 1 fully saturated rings. The maximum Gasteiger partial charge on any atom is 0.230 e. The molecule has 128 valence electrons. The molecule has 0 aromatic carbocycles. The Bertz CT molecular complexity index is 525. The Morgan fingerprint density at radius 1 is 1.17 bits per heavy atom. The summed E-state index contributed by atoms with van der Waals surface area (Å²) < 4.78 is 0. The number of hydrogen-bond acceptors (Lipinski definition) is 6. The summed E-state index contributed by atoms with van der Waals surface area (Å²) in [5.41, 5.74) is 0. The van der Waals surface area contributed by atoms with Gasteiger partial charge < -0.3 is 15.1 Å². The van der Waals surface area contributed by atoms with Gasteiger partial charge in [-0.3, -0.25) is 4.79 Å². The van der Waals surface area contributed by atoms with Gasteiger partial charge in [0, 0.05) is 33.6 Å². The molecule has 2 rings (SSSR count). The van der Waals surface area contributed by atoms with Crippen LogP contribution in [0.2, 0.25) is 0 Å². The fraction of sp³-hybridized carbons (Fsp3) is 0.750. The van der Waals surface area contributed by atoms with E-state index < -0.39 is 0 Å². The first-order valence-electron chi connectivity index (χ1n) is 8.39. The number of carbonyl (C=O) groups excluding carboxylic acids is 1. The normalized spacial score (nSPS) is 14.9. The van der Waals surface area contributed by atoms with Crippen molar-refractivity contribution in [3.63, 3.8) is 0 Å². The lowest BCUT2D eigenvalue weighted by molar-refractivity contribution is -0.122. The van der Waals surface area contributed by atoms with Crippen LogP contribution in [0.1, 0.15) is 45.4 Å². The molecule has 0 spiro atoms. The number of hydrogen-bond donors (Lipinski definition) is 1. The maximum absolute atomic E-state index is 11.8. The molecule has 0 saturated carbocycles. The number of aromatic nitrogens is 3. The van der Waals surface area contributed by atoms with Crippen LogP contribution in [0.3, 0.4) is 0 Å². The number of rotatable bonds is 6. The van der Waals surface area contributed by atoms with Crippen molar-refractivity contribution >= 4 is 17.8 Å². The average Bonchev–Trinajstić information content (AvgIpc) is 2.53. The van der Waals surface area contributed by atoms with Gasteiger partial charge in [-0.15, -0.1) is 0 Å². The van der Waals surface area contributed by atoms with Crippen molar-refractivity contribution in [3.8, 4) is 0 Å². The van der Waals surface area contributed by atoms with Crippen LogP contribution in [-0.2, 0) is 11.3 Å². The minimum Gasteiger partial charge on any atom is -0.349 e. The number of carbonyl (C=O) groups is 1. The third-order valence-corrected chi connectivity index (χ3v) is 3.73. The minimum absolute atomic E-state index is 0.0336. The summed E-state index contributed by atoms with van der Waals surface area (Å²) in [5, 5.41) is 2.90. The van der Waals surface area contributed by atoms with Gasteiger partial charge in [0.05, 0.1) is 6.54 Å². The molecular formula is C16H28N6O. The van der Waals surface area contributed by atoms with Gasteiger partial charge in [0.15, 0.2) is 5.82 Å². The zero-order chi connectivity index (χ0) is 16.8. The van der Waals surface area contributed by atoms with E-state index in [9.17, 15) is 4.79 Å². The van der Waals surface area contributed by atoms with Gasteiger partial charge in [0.25, 0.3) is 0 Å². The van der Waals surface area contributed by atoms with Crippen molar-refractivity contribution in [1.29, 1.82) is 0 Å². The second-order valence-corrected chi connectivity index (χ2v) is 6.67. The van der Waals surface area contributed by atoms with E-state index >= 15 is 0 Å². The summed E-state index contributed by atoms with van der Waals surface area (Å²) >= 11 is 0. The van der Waals surface area contributed by atoms with E-state index in [1.165, 1.54) is 19.3 Å². The number of piperidine rings is 1. The van der Waals surface area contributed by atoms with E-state index in [0.717, 1.165) is 19.0 Å². The highest BCUT2D eigenvalue weighted by Crippen LogP contribution is 2.17. The zero-order valence-electron chi connectivity index (χ0n) is 14.7. The van der Waals surface area contributed by atoms with Crippen LogP contribution < -0.4 is 15.1 Å². The summed E-state index contributed by atoms with van der Waals surface area (Å²) in [5.74, 6) is 2.34. The smallest absolute Gasteiger partial charge is 0.230 e. The van der Waals surface area contributed by atoms with Crippen molar-refractivity contribution in [2.45, 2.75) is 46.1 Å². The number of nitrogens with zero attached hydrogens (tertiary/aromatic N) is 5. The summed E-state index contributed by atoms with van der Waals surface area (Å²) in [6, 6.07) is 0. The Morgan fingerprint density at radius 3 is 2.48 bits per heavy atom. The van der Waals surface area contributed by atoms with Crippen LogP contribution in [0.25, 0.3) is 0 Å². The lowest BCUT2D eigenvalue weighted by Crippen LogP contribution is -2.33. The summed E-state index contributed by atoms with van der Waals surface area (Å²) in [4.78, 5) is 29.4. The first-order chi connectivity index (χ1) is 11.0. The molecule has 7 nitrogen and oxygen atoms in total. The van der Waals surface area contributed by atoms with Crippen LogP contribution in [0.15, 0.2) is 0 Å². The van der Waals surface area contributed by atoms with Gasteiger partial charge in [-0.1, -0.05) is 13.8 Å². The van der Waals surface area contributed by atoms with Crippen molar-refractivity contribution in [2.24, 2.45) is 5.92 Å². The first-order valence-corrected chi connectivity index (χ1v) is 8.39. The molecule has 23 heavy (non-hydrogen) atoms. The Balaban J connectivity index is 2.11. The topological polar surface area (TPSA) is 74.2 Å². The predicted octanol–water partition coefficient (Wildman–Crippen LogP) is 1.59. The van der Waals surface area contributed by atoms with E-state index in [4.69, 9.17) is 0 Å². The molecule has 7 heteroatoms. The molecular weight excluding hydrogens is 292 g/mol. The van der Waals surface area contributed by atoms with Crippen molar-refractivity contribution in [2.75, 3.05) is 37.0 Å². The Morgan fingerprint density at radius 2 is 1.87 bits per heavy atom. The number of amides is 1. The molecule has 0 unspecified atom stereocenters. The Kier molecular flexibility index (Phi) is 6.12. The Labute approximate surface area is 138 Å². The van der Waals surface area contributed by atoms with Crippen LogP contribution in [0.5, 0.6) is 0 Å². The summed E-state index contributed by atoms with van der Waals surface area (Å²) in [7, 11) is 3.83. The number of nitrogens with one attached hydrogen (secondary N) is 1. The molecule has 0 aliphatic carbocycles. The molecule has 1 aliphatic rings. The van der Waals surface area contributed by atoms with Gasteiger partial charge >= 0.3 is 0 Å². The van der Waals surface area contributed by atoms with Gasteiger partial charge in [0.1, 0.15) is 0 Å². The van der Waals surface area contributed by atoms with E-state index in [-0.39, 0.29) is 5.91 Å². The van der Waals surface area contributed by atoms with Crippen LogP contribution >= 0.6 is 0 Å². The van der Waals surface area contributed by atoms with Gasteiger partial charge in [-0.25, -0.2) is 0 Å². The molecule has 1 amide bonds. The monoisotopic (exact) mass is 320 g/mol. The van der Waals surface area contributed by atoms with Gasteiger partial charge in [-0.05, 0) is 25.2 Å². The van der Waals surface area contributed by atoms with Gasteiger partial charge in [0.2, 0.25) is 17.8 Å². The van der Waals surface area contributed by atoms with Gasteiger partial charge in [-0.2, -0.15) is 15.0 Å². The van der Waals surface area contributed by atoms with E-state index in [1.807, 2.05) is 32.8 Å². The summed E-state index contributed by atoms with van der Waals surface area (Å²) in [6.45, 7) is 6.37. The fourth-order valence-electron chi connectivity index (χ4n) is 2.53. The summed E-state index contributed by atoms with van der Waals surface area (Å²) in [6.07, 6.45) is 4.12. The average molecular weight is 320 g/mol. The lowest BCUT2D eigenvalue weighted by Gasteiger charge is -2.27. The maximum atomic E-state index is 11.8. The largest absolute Gasteiger partial charge is 0.349 e. The molecule has 0 atom stereocenters. The molecule has 0 bridgehead atoms. The van der Waals surface area contributed by atoms with Crippen molar-refractivity contribution in [3.05, 3.63) is 5.82 Å². The fourth-order valence-corrected chi connectivity index (χ4v) is 2.53. The molecule has 1 saturated heterocycles. The van der Waals surface area contributed by atoms with Crippen LogP contribution in [0, 0.1) is 5.92 Å². The predicted molar refractivity (Wildman–Crippen MR) is 91.5 cm³/mol. The first kappa shape index (κ1) is 17.4. The highest BCUT2D eigenvalue weighted by molar-refractivity contribution is 5.75. The molecule has 1 aromatic heterocycles. The highest BCUT2D eigenvalue weighted by atomic mass is 16.1. The highest BCUT2D eigenvalue weighted by Gasteiger charge is 2.17.